The fraction of sp³-hybridized carbons (Fsp3) is 0.269. The second kappa shape index (κ2) is 12.2. The number of anilines is 2. The second-order valence-electron chi connectivity index (χ2n) is 7.67. The summed E-state index contributed by atoms with van der Waals surface area (Å²) < 4.78 is 17.1. The van der Waals surface area contributed by atoms with E-state index in [1.54, 1.807) is 0 Å². The minimum absolute atomic E-state index is 0.137. The number of carbonyl (C=O) groups excluding carboxylic acids is 1. The number of hydrogen-bond acceptors (Lipinski definition) is 5. The molecule has 3 aromatic rings. The largest absolute Gasteiger partial charge is 0.493 e. The molecule has 3 rings (SSSR count). The monoisotopic (exact) mass is 434 g/mol. The molecule has 168 valence electrons. The summed E-state index contributed by atoms with van der Waals surface area (Å²) in [5, 5.41) is 6.00. The summed E-state index contributed by atoms with van der Waals surface area (Å²) in [7, 11) is 0. The van der Waals surface area contributed by atoms with Crippen LogP contribution < -0.4 is 24.8 Å². The first-order valence-electron chi connectivity index (χ1n) is 10.8. The fourth-order valence-electron chi connectivity index (χ4n) is 2.85. The molecule has 0 aliphatic carbocycles. The predicted octanol–water partition coefficient (Wildman–Crippen LogP) is 5.23. The molecule has 0 aliphatic rings. The van der Waals surface area contributed by atoms with Gasteiger partial charge in [0.25, 0.3) is 0 Å². The maximum atomic E-state index is 12.3. The van der Waals surface area contributed by atoms with Gasteiger partial charge in [0.15, 0.2) is 0 Å². The van der Waals surface area contributed by atoms with Gasteiger partial charge in [-0.3, -0.25) is 4.79 Å². The summed E-state index contributed by atoms with van der Waals surface area (Å²) in [6.45, 7) is 5.83. The Labute approximate surface area is 189 Å². The lowest BCUT2D eigenvalue weighted by molar-refractivity contribution is -0.114. The lowest BCUT2D eigenvalue weighted by Gasteiger charge is -2.12. The fourth-order valence-corrected chi connectivity index (χ4v) is 2.85. The molecule has 1 amide bonds. The summed E-state index contributed by atoms with van der Waals surface area (Å²) in [6.07, 6.45) is 0. The molecule has 6 heteroatoms. The Kier molecular flexibility index (Phi) is 8.80. The zero-order valence-corrected chi connectivity index (χ0v) is 18.5. The molecule has 0 spiro atoms. The van der Waals surface area contributed by atoms with Gasteiger partial charge < -0.3 is 24.8 Å². The number of rotatable bonds is 12. The van der Waals surface area contributed by atoms with Crippen molar-refractivity contribution in [1.29, 1.82) is 0 Å². The van der Waals surface area contributed by atoms with E-state index in [0.717, 1.165) is 17.2 Å². The van der Waals surface area contributed by atoms with E-state index < -0.39 is 0 Å². The Morgan fingerprint density at radius 2 is 1.34 bits per heavy atom. The Morgan fingerprint density at radius 1 is 0.750 bits per heavy atom. The molecule has 32 heavy (non-hydrogen) atoms. The molecule has 0 aliphatic heterocycles. The van der Waals surface area contributed by atoms with E-state index >= 15 is 0 Å². The van der Waals surface area contributed by atoms with Gasteiger partial charge in [-0.1, -0.05) is 44.2 Å². The van der Waals surface area contributed by atoms with Crippen molar-refractivity contribution in [2.45, 2.75) is 13.8 Å². The van der Waals surface area contributed by atoms with Gasteiger partial charge in [0, 0.05) is 23.5 Å². The number of para-hydroxylation sites is 1. The predicted molar refractivity (Wildman–Crippen MR) is 128 cm³/mol. The molecule has 0 saturated carbocycles. The van der Waals surface area contributed by atoms with E-state index in [4.69, 9.17) is 14.2 Å². The van der Waals surface area contributed by atoms with Crippen molar-refractivity contribution in [1.82, 2.24) is 0 Å². The average Bonchev–Trinajstić information content (AvgIpc) is 2.80. The van der Waals surface area contributed by atoms with Crippen LogP contribution in [-0.2, 0) is 4.79 Å². The summed E-state index contributed by atoms with van der Waals surface area (Å²) in [4.78, 5) is 12.3. The first-order valence-corrected chi connectivity index (χ1v) is 10.8. The molecule has 0 unspecified atom stereocenters. The highest BCUT2D eigenvalue weighted by atomic mass is 16.5. The zero-order valence-electron chi connectivity index (χ0n) is 18.5. The normalized spacial score (nSPS) is 10.5. The highest BCUT2D eigenvalue weighted by Gasteiger charge is 2.05. The van der Waals surface area contributed by atoms with E-state index in [9.17, 15) is 4.79 Å². The summed E-state index contributed by atoms with van der Waals surface area (Å²) in [6, 6.07) is 24.5. The van der Waals surface area contributed by atoms with Crippen LogP contribution >= 0.6 is 0 Å². The van der Waals surface area contributed by atoms with Crippen LogP contribution in [0.25, 0.3) is 0 Å². The lowest BCUT2D eigenvalue weighted by atomic mass is 10.2. The molecule has 2 N–H and O–H groups in total. The van der Waals surface area contributed by atoms with Crippen molar-refractivity contribution in [2.75, 3.05) is 37.0 Å². The number of amides is 1. The van der Waals surface area contributed by atoms with Gasteiger partial charge in [0.2, 0.25) is 5.91 Å². The third kappa shape index (κ3) is 8.22. The van der Waals surface area contributed by atoms with Crippen molar-refractivity contribution in [3.8, 4) is 17.2 Å². The molecular formula is C26H30N2O4. The van der Waals surface area contributed by atoms with Gasteiger partial charge in [-0.15, -0.1) is 0 Å². The Bertz CT molecular complexity index is 976. The summed E-state index contributed by atoms with van der Waals surface area (Å²) >= 11 is 0. The van der Waals surface area contributed by atoms with Gasteiger partial charge in [0.1, 0.15) is 30.5 Å². The van der Waals surface area contributed by atoms with Crippen LogP contribution in [0.5, 0.6) is 17.2 Å². The van der Waals surface area contributed by atoms with Gasteiger partial charge >= 0.3 is 0 Å². The second-order valence-corrected chi connectivity index (χ2v) is 7.67. The zero-order chi connectivity index (χ0) is 22.6. The number of hydrogen-bond donors (Lipinski definition) is 2. The summed E-state index contributed by atoms with van der Waals surface area (Å²) in [5.74, 6) is 2.56. The van der Waals surface area contributed by atoms with Crippen molar-refractivity contribution >= 4 is 17.3 Å². The smallest absolute Gasteiger partial charge is 0.243 e. The topological polar surface area (TPSA) is 68.8 Å². The van der Waals surface area contributed by atoms with E-state index in [-0.39, 0.29) is 12.5 Å². The van der Waals surface area contributed by atoms with Crippen molar-refractivity contribution in [3.63, 3.8) is 0 Å². The average molecular weight is 435 g/mol. The van der Waals surface area contributed by atoms with E-state index in [0.29, 0.717) is 37.2 Å². The van der Waals surface area contributed by atoms with Crippen molar-refractivity contribution < 1.29 is 19.0 Å². The quantitative estimate of drug-likeness (QED) is 0.382. The van der Waals surface area contributed by atoms with Crippen LogP contribution in [0.3, 0.4) is 0 Å². The van der Waals surface area contributed by atoms with Gasteiger partial charge in [-0.05, 0) is 42.3 Å². The molecule has 0 saturated heterocycles. The van der Waals surface area contributed by atoms with Gasteiger partial charge in [-0.25, -0.2) is 0 Å². The molecule has 0 bridgehead atoms. The van der Waals surface area contributed by atoms with Crippen LogP contribution in [0.4, 0.5) is 11.4 Å². The molecule has 0 heterocycles. The molecule has 0 aromatic heterocycles. The Morgan fingerprint density at radius 3 is 2.06 bits per heavy atom. The molecule has 6 nitrogen and oxygen atoms in total. The van der Waals surface area contributed by atoms with Crippen LogP contribution in [0.2, 0.25) is 0 Å². The number of nitrogens with one attached hydrogen (secondary N) is 2. The Balaban J connectivity index is 1.41. The van der Waals surface area contributed by atoms with Crippen LogP contribution in [-0.4, -0.2) is 32.3 Å². The van der Waals surface area contributed by atoms with Gasteiger partial charge in [0.05, 0.1) is 13.2 Å². The van der Waals surface area contributed by atoms with E-state index in [2.05, 4.69) is 24.5 Å². The number of ether oxygens (including phenoxy) is 3. The molecule has 0 radical (unpaired) electrons. The van der Waals surface area contributed by atoms with Gasteiger partial charge in [-0.2, -0.15) is 0 Å². The molecular weight excluding hydrogens is 404 g/mol. The molecule has 3 aromatic carbocycles. The molecule has 0 atom stereocenters. The SMILES string of the molecule is CC(C)COc1cccc(NC(=O)CNc2cccc(OCCOc3ccccc3)c2)c1. The third-order valence-electron chi connectivity index (χ3n) is 4.35. The molecule has 0 fully saturated rings. The minimum atomic E-state index is -0.145. The maximum absolute atomic E-state index is 12.3. The number of benzene rings is 3. The van der Waals surface area contributed by atoms with Crippen molar-refractivity contribution in [2.24, 2.45) is 5.92 Å². The standard InChI is InChI=1S/C26H30N2O4/c1-20(2)19-32-25-13-7-9-22(17-25)28-26(29)18-27-21-8-6-12-24(16-21)31-15-14-30-23-10-4-3-5-11-23/h3-13,16-17,20,27H,14-15,18-19H2,1-2H3,(H,28,29). The van der Waals surface area contributed by atoms with Crippen LogP contribution in [0.1, 0.15) is 13.8 Å². The lowest BCUT2D eigenvalue weighted by Crippen LogP contribution is -2.21. The first-order chi connectivity index (χ1) is 15.6. The highest BCUT2D eigenvalue weighted by Crippen LogP contribution is 2.19. The minimum Gasteiger partial charge on any atom is -0.493 e. The van der Waals surface area contributed by atoms with E-state index in [1.807, 2.05) is 78.9 Å². The number of carbonyl (C=O) groups is 1. The summed E-state index contributed by atoms with van der Waals surface area (Å²) in [5.41, 5.74) is 1.50. The first kappa shape index (κ1) is 23.0. The maximum Gasteiger partial charge on any atom is 0.243 e. The highest BCUT2D eigenvalue weighted by molar-refractivity contribution is 5.93. The van der Waals surface area contributed by atoms with Crippen LogP contribution in [0.15, 0.2) is 78.9 Å². The van der Waals surface area contributed by atoms with Crippen LogP contribution in [0, 0.1) is 5.92 Å². The van der Waals surface area contributed by atoms with E-state index in [1.165, 1.54) is 0 Å². The third-order valence-corrected chi connectivity index (χ3v) is 4.35. The Hall–Kier alpha value is -3.67. The van der Waals surface area contributed by atoms with Crippen molar-refractivity contribution in [3.05, 3.63) is 78.9 Å².